The van der Waals surface area contributed by atoms with Crippen LogP contribution in [0.3, 0.4) is 0 Å². The number of fused-ring (bicyclic) bond motifs is 2. The van der Waals surface area contributed by atoms with Gasteiger partial charge in [0.05, 0.1) is 17.5 Å². The fourth-order valence-corrected chi connectivity index (χ4v) is 7.52. The highest BCUT2D eigenvalue weighted by atomic mass is 32.2. The Morgan fingerprint density at radius 1 is 1.30 bits per heavy atom. The van der Waals surface area contributed by atoms with Gasteiger partial charge in [-0.2, -0.15) is 4.99 Å². The first-order valence-electron chi connectivity index (χ1n) is 9.09. The van der Waals surface area contributed by atoms with Crippen LogP contribution in [0.4, 0.5) is 0 Å². The molecule has 27 heavy (non-hydrogen) atoms. The minimum Gasteiger partial charge on any atom is -0.454 e. The Kier molecular flexibility index (Phi) is 5.07. The Hall–Kier alpha value is -1.74. The van der Waals surface area contributed by atoms with Crippen LogP contribution >= 0.6 is 11.8 Å². The summed E-state index contributed by atoms with van der Waals surface area (Å²) in [7, 11) is -3.05. The van der Waals surface area contributed by atoms with Crippen molar-refractivity contribution in [2.75, 3.05) is 18.3 Å². The van der Waals surface area contributed by atoms with Gasteiger partial charge in [-0.05, 0) is 24.1 Å². The molecule has 2 saturated heterocycles. The number of rotatable bonds is 5. The van der Waals surface area contributed by atoms with Gasteiger partial charge >= 0.3 is 0 Å². The van der Waals surface area contributed by atoms with Gasteiger partial charge in [-0.25, -0.2) is 8.42 Å². The van der Waals surface area contributed by atoms with Crippen molar-refractivity contribution in [2.45, 2.75) is 44.0 Å². The molecule has 0 saturated carbocycles. The monoisotopic (exact) mass is 410 g/mol. The van der Waals surface area contributed by atoms with Crippen molar-refractivity contribution in [3.05, 3.63) is 23.8 Å². The quantitative estimate of drug-likeness (QED) is 0.736. The number of hydrogen-bond donors (Lipinski definition) is 0. The number of aliphatic imine (C=N–C) groups is 1. The maximum absolute atomic E-state index is 12.2. The van der Waals surface area contributed by atoms with Crippen molar-refractivity contribution < 1.29 is 22.7 Å². The van der Waals surface area contributed by atoms with Gasteiger partial charge in [0, 0.05) is 18.2 Å². The first-order valence-corrected chi connectivity index (χ1v) is 11.8. The van der Waals surface area contributed by atoms with Gasteiger partial charge < -0.3 is 14.4 Å². The third-order valence-corrected chi connectivity index (χ3v) is 8.18. The average Bonchev–Trinajstić information content (AvgIpc) is 3.27. The summed E-state index contributed by atoms with van der Waals surface area (Å²) in [6, 6.07) is 5.54. The average molecular weight is 411 g/mol. The van der Waals surface area contributed by atoms with Crippen LogP contribution in [0, 0.1) is 0 Å². The molecule has 0 aliphatic carbocycles. The molecule has 1 aromatic carbocycles. The maximum Gasteiger partial charge on any atom is 0.248 e. The van der Waals surface area contributed by atoms with E-state index in [9.17, 15) is 13.2 Å². The van der Waals surface area contributed by atoms with Crippen LogP contribution < -0.4 is 9.47 Å². The van der Waals surface area contributed by atoms with Gasteiger partial charge in [0.1, 0.15) is 0 Å². The fourth-order valence-electron chi connectivity index (χ4n) is 3.55. The number of thioether (sulfide) groups is 1. The highest BCUT2D eigenvalue weighted by Gasteiger charge is 2.48. The normalized spacial score (nSPS) is 26.6. The molecule has 0 N–H and O–H groups in total. The predicted octanol–water partition coefficient (Wildman–Crippen LogP) is 2.20. The van der Waals surface area contributed by atoms with E-state index < -0.39 is 9.84 Å². The zero-order chi connectivity index (χ0) is 19.0. The number of nitrogens with zero attached hydrogens (tertiary/aromatic N) is 2. The molecule has 0 unspecified atom stereocenters. The lowest BCUT2D eigenvalue weighted by Crippen LogP contribution is -2.37. The molecule has 3 heterocycles. The fraction of sp³-hybridized carbons (Fsp3) is 0.556. The third kappa shape index (κ3) is 3.94. The SMILES string of the molecule is CCCCC(=O)N=C1S[C@@H]2CS(=O)(=O)C[C@H]2N1Cc1ccc2c(c1)OCO2. The molecule has 4 rings (SSSR count). The molecule has 146 valence electrons. The molecule has 3 aliphatic rings. The summed E-state index contributed by atoms with van der Waals surface area (Å²) in [5.41, 5.74) is 0.971. The van der Waals surface area contributed by atoms with Crippen molar-refractivity contribution in [2.24, 2.45) is 4.99 Å². The smallest absolute Gasteiger partial charge is 0.248 e. The number of amides is 1. The molecule has 0 bridgehead atoms. The van der Waals surface area contributed by atoms with E-state index in [1.165, 1.54) is 11.8 Å². The Bertz CT molecular complexity index is 884. The zero-order valence-corrected chi connectivity index (χ0v) is 16.7. The second-order valence-corrected chi connectivity index (χ2v) is 10.4. The van der Waals surface area contributed by atoms with E-state index in [0.29, 0.717) is 29.6 Å². The highest BCUT2D eigenvalue weighted by Crippen LogP contribution is 2.40. The van der Waals surface area contributed by atoms with Gasteiger partial charge in [-0.15, -0.1) is 0 Å². The van der Waals surface area contributed by atoms with E-state index in [1.807, 2.05) is 30.0 Å². The number of unbranched alkanes of at least 4 members (excludes halogenated alkanes) is 1. The van der Waals surface area contributed by atoms with Gasteiger partial charge in [-0.3, -0.25) is 4.79 Å². The van der Waals surface area contributed by atoms with Crippen LogP contribution in [-0.2, 0) is 21.2 Å². The van der Waals surface area contributed by atoms with Crippen LogP contribution in [-0.4, -0.2) is 54.0 Å². The Morgan fingerprint density at radius 3 is 2.93 bits per heavy atom. The summed E-state index contributed by atoms with van der Waals surface area (Å²) in [6.07, 6.45) is 2.17. The molecule has 1 aromatic rings. The molecule has 2 fully saturated rings. The third-order valence-electron chi connectivity index (χ3n) is 4.93. The molecule has 0 aromatic heterocycles. The lowest BCUT2D eigenvalue weighted by molar-refractivity contribution is -0.117. The van der Waals surface area contributed by atoms with Crippen LogP contribution in [0.5, 0.6) is 11.5 Å². The summed E-state index contributed by atoms with van der Waals surface area (Å²) in [6.45, 7) is 2.73. The summed E-state index contributed by atoms with van der Waals surface area (Å²) in [4.78, 5) is 18.5. The molecule has 3 aliphatic heterocycles. The number of hydrogen-bond acceptors (Lipinski definition) is 6. The largest absolute Gasteiger partial charge is 0.454 e. The molecule has 0 spiro atoms. The summed E-state index contributed by atoms with van der Waals surface area (Å²) >= 11 is 1.42. The standard InChI is InChI=1S/C18H22N2O5S2/c1-2-3-4-17(21)19-18-20(13-9-27(22,23)10-16(13)26-18)8-12-5-6-14-15(7-12)25-11-24-14/h5-7,13,16H,2-4,8-11H2,1H3/t13-,16-/m1/s1. The first-order chi connectivity index (χ1) is 12.9. The minimum atomic E-state index is -3.05. The van der Waals surface area contributed by atoms with Crippen molar-refractivity contribution in [1.29, 1.82) is 0 Å². The number of carbonyl (C=O) groups is 1. The molecule has 1 amide bonds. The predicted molar refractivity (Wildman–Crippen MR) is 104 cm³/mol. The van der Waals surface area contributed by atoms with Gasteiger partial charge in [-0.1, -0.05) is 31.2 Å². The van der Waals surface area contributed by atoms with Gasteiger partial charge in [0.25, 0.3) is 0 Å². The highest BCUT2D eigenvalue weighted by molar-refractivity contribution is 8.15. The Labute approximate surface area is 163 Å². The molecule has 7 nitrogen and oxygen atoms in total. The van der Waals surface area contributed by atoms with E-state index in [4.69, 9.17) is 9.47 Å². The number of carbonyl (C=O) groups excluding carboxylic acids is 1. The lowest BCUT2D eigenvalue weighted by atomic mass is 10.1. The summed E-state index contributed by atoms with van der Waals surface area (Å²) in [5.74, 6) is 1.50. The Morgan fingerprint density at radius 2 is 2.11 bits per heavy atom. The van der Waals surface area contributed by atoms with E-state index in [-0.39, 0.29) is 35.5 Å². The van der Waals surface area contributed by atoms with E-state index in [1.54, 1.807) is 0 Å². The first kappa shape index (κ1) is 18.6. The minimum absolute atomic E-state index is 0.0678. The molecule has 2 atom stereocenters. The van der Waals surface area contributed by atoms with E-state index >= 15 is 0 Å². The van der Waals surface area contributed by atoms with E-state index in [2.05, 4.69) is 4.99 Å². The molecular formula is C18H22N2O5S2. The number of sulfone groups is 1. The van der Waals surface area contributed by atoms with E-state index in [0.717, 1.165) is 18.4 Å². The number of ether oxygens (including phenoxy) is 2. The zero-order valence-electron chi connectivity index (χ0n) is 15.1. The van der Waals surface area contributed by atoms with Crippen molar-refractivity contribution in [1.82, 2.24) is 4.90 Å². The maximum atomic E-state index is 12.2. The topological polar surface area (TPSA) is 85.3 Å². The van der Waals surface area contributed by atoms with Crippen molar-refractivity contribution in [3.8, 4) is 11.5 Å². The molecule has 0 radical (unpaired) electrons. The van der Waals surface area contributed by atoms with Gasteiger partial charge in [0.15, 0.2) is 26.5 Å². The Balaban J connectivity index is 1.58. The van der Waals surface area contributed by atoms with Crippen molar-refractivity contribution >= 4 is 32.7 Å². The van der Waals surface area contributed by atoms with Crippen LogP contribution in [0.2, 0.25) is 0 Å². The van der Waals surface area contributed by atoms with Gasteiger partial charge in [0.2, 0.25) is 12.7 Å². The molecule has 9 heteroatoms. The number of benzene rings is 1. The summed E-state index contributed by atoms with van der Waals surface area (Å²) in [5, 5.41) is 0.570. The number of amidine groups is 1. The second-order valence-electron chi connectivity index (χ2n) is 7.01. The van der Waals surface area contributed by atoms with Crippen LogP contribution in [0.15, 0.2) is 23.2 Å². The summed E-state index contributed by atoms with van der Waals surface area (Å²) < 4.78 is 34.9. The molecular weight excluding hydrogens is 388 g/mol. The van der Waals surface area contributed by atoms with Crippen LogP contribution in [0.25, 0.3) is 0 Å². The van der Waals surface area contributed by atoms with Crippen LogP contribution in [0.1, 0.15) is 31.7 Å². The lowest BCUT2D eigenvalue weighted by Gasteiger charge is -2.24. The van der Waals surface area contributed by atoms with Crippen molar-refractivity contribution in [3.63, 3.8) is 0 Å². The second kappa shape index (κ2) is 7.35.